The molecule has 112 valence electrons. The smallest absolute Gasteiger partial charge is 0.129 e. The van der Waals surface area contributed by atoms with E-state index in [4.69, 9.17) is 11.6 Å². The van der Waals surface area contributed by atoms with E-state index in [1.165, 1.54) is 6.07 Å². The molecule has 0 spiro atoms. The fourth-order valence-electron chi connectivity index (χ4n) is 3.01. The topological polar surface area (TPSA) is 6.48 Å². The van der Waals surface area contributed by atoms with E-state index >= 15 is 0 Å². The number of hydrogen-bond acceptors (Lipinski definition) is 2. The highest BCUT2D eigenvalue weighted by atomic mass is 35.5. The Morgan fingerprint density at radius 1 is 1.35 bits per heavy atom. The summed E-state index contributed by atoms with van der Waals surface area (Å²) in [5.41, 5.74) is 0.738. The van der Waals surface area contributed by atoms with Gasteiger partial charge in [-0.3, -0.25) is 9.80 Å². The van der Waals surface area contributed by atoms with E-state index in [0.717, 1.165) is 31.6 Å². The van der Waals surface area contributed by atoms with Crippen molar-refractivity contribution in [3.8, 4) is 0 Å². The molecule has 20 heavy (non-hydrogen) atoms. The standard InChI is InChI=1S/C16H24ClFN2/c1-4-15-11-19(7-8-20(15)12(2)3)10-13-5-6-14(17)9-16(13)18/h5-6,9,12,15H,4,7-8,10-11H2,1-3H3. The molecule has 0 aromatic heterocycles. The van der Waals surface area contributed by atoms with Crippen molar-refractivity contribution in [2.24, 2.45) is 0 Å². The van der Waals surface area contributed by atoms with E-state index in [9.17, 15) is 4.39 Å². The molecule has 1 heterocycles. The van der Waals surface area contributed by atoms with Crippen LogP contribution in [0.5, 0.6) is 0 Å². The van der Waals surface area contributed by atoms with E-state index in [1.807, 2.05) is 0 Å². The monoisotopic (exact) mass is 298 g/mol. The lowest BCUT2D eigenvalue weighted by Crippen LogP contribution is -2.54. The Labute approximate surface area is 126 Å². The van der Waals surface area contributed by atoms with Gasteiger partial charge in [-0.1, -0.05) is 24.6 Å². The van der Waals surface area contributed by atoms with Gasteiger partial charge in [0.05, 0.1) is 0 Å². The van der Waals surface area contributed by atoms with Crippen LogP contribution in [-0.2, 0) is 6.54 Å². The van der Waals surface area contributed by atoms with Gasteiger partial charge in [-0.05, 0) is 32.4 Å². The zero-order chi connectivity index (χ0) is 14.7. The molecule has 1 fully saturated rings. The summed E-state index contributed by atoms with van der Waals surface area (Å²) in [5, 5.41) is 0.460. The minimum absolute atomic E-state index is 0.197. The molecule has 2 rings (SSSR count). The van der Waals surface area contributed by atoms with Crippen LogP contribution in [0.2, 0.25) is 5.02 Å². The first kappa shape index (κ1) is 15.7. The first-order valence-electron chi connectivity index (χ1n) is 7.43. The summed E-state index contributed by atoms with van der Waals surface area (Å²) in [6.45, 7) is 10.5. The van der Waals surface area contributed by atoms with E-state index < -0.39 is 0 Å². The van der Waals surface area contributed by atoms with Crippen molar-refractivity contribution in [3.05, 3.63) is 34.6 Å². The molecule has 1 saturated heterocycles. The summed E-state index contributed by atoms with van der Waals surface area (Å²) in [6.07, 6.45) is 1.14. The maximum absolute atomic E-state index is 13.9. The Balaban J connectivity index is 2.01. The van der Waals surface area contributed by atoms with Crippen molar-refractivity contribution in [2.75, 3.05) is 19.6 Å². The highest BCUT2D eigenvalue weighted by Gasteiger charge is 2.27. The van der Waals surface area contributed by atoms with Gasteiger partial charge in [-0.2, -0.15) is 0 Å². The molecule has 0 bridgehead atoms. The van der Waals surface area contributed by atoms with Crippen molar-refractivity contribution in [1.82, 2.24) is 9.80 Å². The van der Waals surface area contributed by atoms with Gasteiger partial charge in [-0.15, -0.1) is 0 Å². The molecule has 4 heteroatoms. The number of benzene rings is 1. The molecule has 1 aromatic rings. The number of rotatable bonds is 4. The van der Waals surface area contributed by atoms with Crippen LogP contribution in [0.25, 0.3) is 0 Å². The van der Waals surface area contributed by atoms with Gasteiger partial charge >= 0.3 is 0 Å². The quantitative estimate of drug-likeness (QED) is 0.834. The maximum Gasteiger partial charge on any atom is 0.129 e. The zero-order valence-corrected chi connectivity index (χ0v) is 13.3. The SMILES string of the molecule is CCC1CN(Cc2ccc(Cl)cc2F)CCN1C(C)C. The molecule has 1 aliphatic rings. The van der Waals surface area contributed by atoms with Crippen molar-refractivity contribution < 1.29 is 4.39 Å². The Kier molecular flexibility index (Phi) is 5.42. The van der Waals surface area contributed by atoms with Gasteiger partial charge in [0.25, 0.3) is 0 Å². The van der Waals surface area contributed by atoms with Crippen LogP contribution in [0.3, 0.4) is 0 Å². The van der Waals surface area contributed by atoms with Crippen LogP contribution >= 0.6 is 11.6 Å². The van der Waals surface area contributed by atoms with Gasteiger partial charge < -0.3 is 0 Å². The third-order valence-electron chi connectivity index (χ3n) is 4.16. The predicted octanol–water partition coefficient (Wildman–Crippen LogP) is 3.78. The minimum Gasteiger partial charge on any atom is -0.296 e. The molecule has 1 aliphatic heterocycles. The molecule has 1 unspecified atom stereocenters. The average Bonchev–Trinajstić information content (AvgIpc) is 2.41. The second-order valence-corrected chi connectivity index (χ2v) is 6.30. The Bertz CT molecular complexity index is 450. The summed E-state index contributed by atoms with van der Waals surface area (Å²) in [6, 6.07) is 6.11. The van der Waals surface area contributed by atoms with Crippen LogP contribution < -0.4 is 0 Å². The van der Waals surface area contributed by atoms with Crippen LogP contribution in [-0.4, -0.2) is 41.5 Å². The fraction of sp³-hybridized carbons (Fsp3) is 0.625. The summed E-state index contributed by atoms with van der Waals surface area (Å²) in [4.78, 5) is 4.90. The summed E-state index contributed by atoms with van der Waals surface area (Å²) >= 11 is 5.80. The van der Waals surface area contributed by atoms with E-state index in [-0.39, 0.29) is 5.82 Å². The number of hydrogen-bond donors (Lipinski definition) is 0. The van der Waals surface area contributed by atoms with Gasteiger partial charge in [0.15, 0.2) is 0 Å². The van der Waals surface area contributed by atoms with Gasteiger partial charge in [-0.25, -0.2) is 4.39 Å². The highest BCUT2D eigenvalue weighted by Crippen LogP contribution is 2.20. The fourth-order valence-corrected chi connectivity index (χ4v) is 3.17. The van der Waals surface area contributed by atoms with Gasteiger partial charge in [0, 0.05) is 48.8 Å². The van der Waals surface area contributed by atoms with Crippen LogP contribution in [0.1, 0.15) is 32.8 Å². The molecule has 2 nitrogen and oxygen atoms in total. The molecule has 0 saturated carbocycles. The molecule has 0 N–H and O–H groups in total. The van der Waals surface area contributed by atoms with Crippen molar-refractivity contribution in [2.45, 2.75) is 45.8 Å². The Hall–Kier alpha value is -0.640. The second kappa shape index (κ2) is 6.88. The van der Waals surface area contributed by atoms with E-state index in [1.54, 1.807) is 12.1 Å². The highest BCUT2D eigenvalue weighted by molar-refractivity contribution is 6.30. The molecular formula is C16H24ClFN2. The zero-order valence-electron chi connectivity index (χ0n) is 12.6. The average molecular weight is 299 g/mol. The molecule has 0 radical (unpaired) electrons. The van der Waals surface area contributed by atoms with Gasteiger partial charge in [0.1, 0.15) is 5.82 Å². The third-order valence-corrected chi connectivity index (χ3v) is 4.39. The first-order chi connectivity index (χ1) is 9.51. The Morgan fingerprint density at radius 2 is 2.10 bits per heavy atom. The van der Waals surface area contributed by atoms with Crippen molar-refractivity contribution in [1.29, 1.82) is 0 Å². The van der Waals surface area contributed by atoms with Crippen LogP contribution in [0.4, 0.5) is 4.39 Å². The molecule has 1 atom stereocenters. The number of nitrogens with zero attached hydrogens (tertiary/aromatic N) is 2. The summed E-state index contributed by atoms with van der Waals surface area (Å²) < 4.78 is 13.9. The molecule has 0 amide bonds. The van der Waals surface area contributed by atoms with Crippen molar-refractivity contribution >= 4 is 11.6 Å². The number of piperazine rings is 1. The van der Waals surface area contributed by atoms with Crippen LogP contribution in [0, 0.1) is 5.82 Å². The summed E-state index contributed by atoms with van der Waals surface area (Å²) in [7, 11) is 0. The lowest BCUT2D eigenvalue weighted by Gasteiger charge is -2.43. The maximum atomic E-state index is 13.9. The first-order valence-corrected chi connectivity index (χ1v) is 7.81. The minimum atomic E-state index is -0.197. The largest absolute Gasteiger partial charge is 0.296 e. The van der Waals surface area contributed by atoms with E-state index in [0.29, 0.717) is 23.7 Å². The molecule has 0 aliphatic carbocycles. The van der Waals surface area contributed by atoms with Gasteiger partial charge in [0.2, 0.25) is 0 Å². The lowest BCUT2D eigenvalue weighted by atomic mass is 10.1. The summed E-state index contributed by atoms with van der Waals surface area (Å²) in [5.74, 6) is -0.197. The Morgan fingerprint density at radius 3 is 2.70 bits per heavy atom. The predicted molar refractivity (Wildman–Crippen MR) is 82.6 cm³/mol. The third kappa shape index (κ3) is 3.72. The molecular weight excluding hydrogens is 275 g/mol. The van der Waals surface area contributed by atoms with Crippen molar-refractivity contribution in [3.63, 3.8) is 0 Å². The normalized spacial score (nSPS) is 21.6. The van der Waals surface area contributed by atoms with Crippen LogP contribution in [0.15, 0.2) is 18.2 Å². The van der Waals surface area contributed by atoms with E-state index in [2.05, 4.69) is 30.6 Å². The second-order valence-electron chi connectivity index (χ2n) is 5.86. The number of halogens is 2. The lowest BCUT2D eigenvalue weighted by molar-refractivity contribution is 0.0452. The molecule has 1 aromatic carbocycles.